The lowest BCUT2D eigenvalue weighted by Gasteiger charge is -2.25. The van der Waals surface area contributed by atoms with E-state index in [1.54, 1.807) is 24.3 Å². The number of anilines is 1. The number of carboxylic acids is 1. The molecule has 1 atom stereocenters. The summed E-state index contributed by atoms with van der Waals surface area (Å²) in [5.74, 6) is -2.31. The summed E-state index contributed by atoms with van der Waals surface area (Å²) in [6.45, 7) is 0. The van der Waals surface area contributed by atoms with Gasteiger partial charge in [0.25, 0.3) is 11.8 Å². The Kier molecular flexibility index (Phi) is 6.24. The smallest absolute Gasteiger partial charge is 0.335 e. The summed E-state index contributed by atoms with van der Waals surface area (Å²) in [5, 5.41) is 11.9. The summed E-state index contributed by atoms with van der Waals surface area (Å²) < 4.78 is 0. The van der Waals surface area contributed by atoms with E-state index in [0.29, 0.717) is 5.75 Å². The van der Waals surface area contributed by atoms with Gasteiger partial charge in [-0.05, 0) is 48.8 Å². The van der Waals surface area contributed by atoms with E-state index < -0.39 is 29.7 Å². The van der Waals surface area contributed by atoms with Gasteiger partial charge in [0.2, 0.25) is 5.91 Å². The van der Waals surface area contributed by atoms with Crippen LogP contribution < -0.4 is 5.32 Å². The fourth-order valence-corrected chi connectivity index (χ4v) is 3.69. The van der Waals surface area contributed by atoms with Crippen LogP contribution in [0.1, 0.15) is 37.5 Å². The van der Waals surface area contributed by atoms with Crippen molar-refractivity contribution >= 4 is 52.7 Å². The Morgan fingerprint density at radius 2 is 1.76 bits per heavy atom. The van der Waals surface area contributed by atoms with Crippen molar-refractivity contribution in [3.05, 3.63) is 64.2 Å². The van der Waals surface area contributed by atoms with E-state index in [9.17, 15) is 19.2 Å². The van der Waals surface area contributed by atoms with Crippen molar-refractivity contribution in [2.24, 2.45) is 0 Å². The number of imide groups is 1. The van der Waals surface area contributed by atoms with Crippen LogP contribution in [-0.4, -0.2) is 51.7 Å². The van der Waals surface area contributed by atoms with Crippen LogP contribution in [0.5, 0.6) is 0 Å². The number of amides is 3. The summed E-state index contributed by atoms with van der Waals surface area (Å²) in [6, 6.07) is 9.26. The number of hydrogen-bond donors (Lipinski definition) is 2. The van der Waals surface area contributed by atoms with E-state index in [0.717, 1.165) is 4.90 Å². The minimum Gasteiger partial charge on any atom is -0.478 e. The lowest BCUT2D eigenvalue weighted by atomic mass is 10.1. The van der Waals surface area contributed by atoms with Gasteiger partial charge in [0.1, 0.15) is 6.04 Å². The number of aromatic carboxylic acids is 1. The first-order valence-corrected chi connectivity index (χ1v) is 10.4. The monoisotopic (exact) mass is 432 g/mol. The van der Waals surface area contributed by atoms with Crippen molar-refractivity contribution < 1.29 is 24.3 Å². The zero-order chi connectivity index (χ0) is 21.1. The third kappa shape index (κ3) is 4.13. The van der Waals surface area contributed by atoms with Gasteiger partial charge >= 0.3 is 5.97 Å². The Labute approximate surface area is 176 Å². The standard InChI is InChI=1S/C20H17ClN2O5S/c1-29-9-8-16(23-18(25)12-4-2-3-5-13(12)19(23)26)17(24)22-15-10-11(20(27)28)6-7-14(15)21/h2-7,10,16H,8-9H2,1H3,(H,22,24)(H,27,28). The molecule has 150 valence electrons. The number of thioether (sulfide) groups is 1. The highest BCUT2D eigenvalue weighted by Gasteiger charge is 2.42. The second-order valence-corrected chi connectivity index (χ2v) is 7.70. The molecule has 3 amide bonds. The van der Waals surface area contributed by atoms with E-state index in [1.165, 1.54) is 30.0 Å². The van der Waals surface area contributed by atoms with Gasteiger partial charge in [-0.25, -0.2) is 4.79 Å². The summed E-state index contributed by atoms with van der Waals surface area (Å²) in [4.78, 5) is 50.7. The number of halogens is 1. The molecule has 0 radical (unpaired) electrons. The third-order valence-corrected chi connectivity index (χ3v) is 5.48. The maximum atomic E-state index is 13.0. The van der Waals surface area contributed by atoms with E-state index >= 15 is 0 Å². The molecule has 0 spiro atoms. The van der Waals surface area contributed by atoms with Gasteiger partial charge < -0.3 is 10.4 Å². The molecular formula is C20H17ClN2O5S. The number of carbonyl (C=O) groups is 4. The number of carbonyl (C=O) groups excluding carboxylic acids is 3. The summed E-state index contributed by atoms with van der Waals surface area (Å²) >= 11 is 7.56. The highest BCUT2D eigenvalue weighted by molar-refractivity contribution is 7.98. The van der Waals surface area contributed by atoms with Gasteiger partial charge in [0.05, 0.1) is 27.4 Å². The number of hydrogen-bond acceptors (Lipinski definition) is 5. The fraction of sp³-hybridized carbons (Fsp3) is 0.200. The van der Waals surface area contributed by atoms with Crippen molar-refractivity contribution in [3.8, 4) is 0 Å². The molecule has 1 aliphatic rings. The largest absolute Gasteiger partial charge is 0.478 e. The lowest BCUT2D eigenvalue weighted by Crippen LogP contribution is -2.47. The molecular weight excluding hydrogens is 416 g/mol. The molecule has 3 rings (SSSR count). The molecule has 29 heavy (non-hydrogen) atoms. The average molecular weight is 433 g/mol. The molecule has 1 unspecified atom stereocenters. The van der Waals surface area contributed by atoms with Crippen molar-refractivity contribution in [2.45, 2.75) is 12.5 Å². The van der Waals surface area contributed by atoms with Crippen LogP contribution in [0.2, 0.25) is 5.02 Å². The van der Waals surface area contributed by atoms with Crippen LogP contribution in [0.15, 0.2) is 42.5 Å². The van der Waals surface area contributed by atoms with Crippen molar-refractivity contribution in [1.82, 2.24) is 4.90 Å². The summed E-state index contributed by atoms with van der Waals surface area (Å²) in [7, 11) is 0. The molecule has 2 aromatic rings. The minimum absolute atomic E-state index is 0.0499. The fourth-order valence-electron chi connectivity index (χ4n) is 3.07. The molecule has 0 bridgehead atoms. The SMILES string of the molecule is CSCCC(C(=O)Nc1cc(C(=O)O)ccc1Cl)N1C(=O)c2ccccc2C1=O. The topological polar surface area (TPSA) is 104 Å². The first-order chi connectivity index (χ1) is 13.8. The van der Waals surface area contributed by atoms with Gasteiger partial charge in [-0.2, -0.15) is 11.8 Å². The molecule has 0 saturated carbocycles. The first kappa shape index (κ1) is 20.9. The summed E-state index contributed by atoms with van der Waals surface area (Å²) in [6.07, 6.45) is 2.10. The number of carboxylic acid groups (broad SMARTS) is 1. The number of fused-ring (bicyclic) bond motifs is 1. The zero-order valence-corrected chi connectivity index (χ0v) is 16.9. The van der Waals surface area contributed by atoms with Crippen molar-refractivity contribution in [1.29, 1.82) is 0 Å². The normalized spacial score (nSPS) is 13.9. The van der Waals surface area contributed by atoms with E-state index in [1.807, 2.05) is 6.26 Å². The number of nitrogens with zero attached hydrogens (tertiary/aromatic N) is 1. The zero-order valence-electron chi connectivity index (χ0n) is 15.3. The Morgan fingerprint density at radius 1 is 1.14 bits per heavy atom. The van der Waals surface area contributed by atoms with Gasteiger partial charge in [0.15, 0.2) is 0 Å². The molecule has 0 saturated heterocycles. The number of nitrogens with one attached hydrogen (secondary N) is 1. The van der Waals surface area contributed by atoms with Gasteiger partial charge in [0, 0.05) is 0 Å². The van der Waals surface area contributed by atoms with Crippen LogP contribution in [0.4, 0.5) is 5.69 Å². The molecule has 7 nitrogen and oxygen atoms in total. The lowest BCUT2D eigenvalue weighted by molar-refractivity contribution is -0.120. The maximum Gasteiger partial charge on any atom is 0.335 e. The predicted octanol–water partition coefficient (Wildman–Crippen LogP) is 3.39. The van der Waals surface area contributed by atoms with Crippen LogP contribution in [0, 0.1) is 0 Å². The van der Waals surface area contributed by atoms with Gasteiger partial charge in [-0.15, -0.1) is 0 Å². The molecule has 0 aromatic heterocycles. The molecule has 2 N–H and O–H groups in total. The minimum atomic E-state index is -1.17. The molecule has 0 aliphatic carbocycles. The number of benzene rings is 2. The van der Waals surface area contributed by atoms with Crippen LogP contribution in [-0.2, 0) is 4.79 Å². The van der Waals surface area contributed by atoms with E-state index in [-0.39, 0.29) is 33.8 Å². The molecule has 2 aromatic carbocycles. The highest BCUT2D eigenvalue weighted by Crippen LogP contribution is 2.28. The maximum absolute atomic E-state index is 13.0. The molecule has 0 fully saturated rings. The predicted molar refractivity (Wildman–Crippen MR) is 111 cm³/mol. The molecule has 9 heteroatoms. The third-order valence-electron chi connectivity index (χ3n) is 4.51. The second-order valence-electron chi connectivity index (χ2n) is 6.31. The molecule has 1 heterocycles. The van der Waals surface area contributed by atoms with Crippen LogP contribution in [0.25, 0.3) is 0 Å². The quantitative estimate of drug-likeness (QED) is 0.650. The van der Waals surface area contributed by atoms with E-state index in [4.69, 9.17) is 16.7 Å². The number of rotatable bonds is 7. The Bertz CT molecular complexity index is 975. The van der Waals surface area contributed by atoms with E-state index in [2.05, 4.69) is 5.32 Å². The Balaban J connectivity index is 1.91. The summed E-state index contributed by atoms with van der Waals surface area (Å²) in [5.41, 5.74) is 0.559. The highest BCUT2D eigenvalue weighted by atomic mass is 35.5. The van der Waals surface area contributed by atoms with Crippen molar-refractivity contribution in [3.63, 3.8) is 0 Å². The second kappa shape index (κ2) is 8.67. The first-order valence-electron chi connectivity index (χ1n) is 8.64. The van der Waals surface area contributed by atoms with Gasteiger partial charge in [-0.1, -0.05) is 23.7 Å². The van der Waals surface area contributed by atoms with Crippen LogP contribution in [0.3, 0.4) is 0 Å². The molecule has 1 aliphatic heterocycles. The Hall–Kier alpha value is -2.84. The van der Waals surface area contributed by atoms with Gasteiger partial charge in [-0.3, -0.25) is 19.3 Å². The Morgan fingerprint density at radius 3 is 2.31 bits per heavy atom. The van der Waals surface area contributed by atoms with Crippen molar-refractivity contribution in [2.75, 3.05) is 17.3 Å². The average Bonchev–Trinajstić information content (AvgIpc) is 2.95. The van der Waals surface area contributed by atoms with Crippen LogP contribution >= 0.6 is 23.4 Å².